The van der Waals surface area contributed by atoms with Crippen molar-refractivity contribution < 1.29 is 4.79 Å². The van der Waals surface area contributed by atoms with E-state index in [0.717, 1.165) is 0 Å². The highest BCUT2D eigenvalue weighted by Gasteiger charge is 2.39. The second-order valence-corrected chi connectivity index (χ2v) is 13.7. The summed E-state index contributed by atoms with van der Waals surface area (Å²) in [5.41, 5.74) is 2.87. The largest absolute Gasteiger partial charge is 0.300 e. The molecule has 0 heterocycles. The highest BCUT2D eigenvalue weighted by atomic mass is 28.3. The summed E-state index contributed by atoms with van der Waals surface area (Å²) in [5.74, 6) is 1.62. The van der Waals surface area contributed by atoms with Gasteiger partial charge in [0, 0.05) is 19.9 Å². The minimum Gasteiger partial charge on any atom is -0.300 e. The zero-order valence-corrected chi connectivity index (χ0v) is 15.9. The van der Waals surface area contributed by atoms with E-state index in [1.165, 1.54) is 11.6 Å². The normalized spacial score (nSPS) is 29.1. The Hall–Kier alpha value is -1.15. The molecule has 1 aliphatic rings. The Morgan fingerprint density at radius 2 is 1.68 bits per heavy atom. The quantitative estimate of drug-likeness (QED) is 0.528. The molecule has 0 bridgehead atoms. The summed E-state index contributed by atoms with van der Waals surface area (Å²) in [6.45, 7) is 13.6. The number of carbonyl (C=O) groups excluding carboxylic acids is 1. The van der Waals surface area contributed by atoms with E-state index in [2.05, 4.69) is 63.8 Å². The molecule has 120 valence electrons. The Labute approximate surface area is 136 Å². The first-order chi connectivity index (χ1) is 10.2. The molecule has 0 amide bonds. The van der Waals surface area contributed by atoms with Gasteiger partial charge in [-0.1, -0.05) is 75.5 Å². The fourth-order valence-electron chi connectivity index (χ4n) is 3.90. The number of carbonyl (C=O) groups is 1. The average Bonchev–Trinajstić information content (AvgIpc) is 2.42. The average molecular weight is 315 g/mol. The van der Waals surface area contributed by atoms with Crippen molar-refractivity contribution in [2.45, 2.75) is 52.4 Å². The zero-order chi connectivity index (χ0) is 16.5. The van der Waals surface area contributed by atoms with Gasteiger partial charge in [0.05, 0.1) is 0 Å². The van der Waals surface area contributed by atoms with Crippen LogP contribution in [0.15, 0.2) is 42.0 Å². The molecule has 0 saturated heterocycles. The van der Waals surface area contributed by atoms with Crippen molar-refractivity contribution in [1.29, 1.82) is 0 Å². The van der Waals surface area contributed by atoms with Gasteiger partial charge >= 0.3 is 0 Å². The maximum Gasteiger partial charge on any atom is 0.134 e. The van der Waals surface area contributed by atoms with Gasteiger partial charge in [0.2, 0.25) is 0 Å². The summed E-state index contributed by atoms with van der Waals surface area (Å²) in [6, 6.07) is 11.8. The first-order valence-electron chi connectivity index (χ1n) is 8.46. The van der Waals surface area contributed by atoms with Crippen LogP contribution in [-0.2, 0) is 4.79 Å². The third-order valence-electron chi connectivity index (χ3n) is 5.11. The first kappa shape index (κ1) is 17.2. The number of Topliss-reactive ketones (excluding diaryl/α,β-unsaturated/α-hetero) is 1. The molecule has 1 nitrogen and oxygen atoms in total. The van der Waals surface area contributed by atoms with Crippen molar-refractivity contribution in [3.8, 4) is 0 Å². The highest BCUT2D eigenvalue weighted by molar-refractivity contribution is 6.76. The molecule has 0 saturated carbocycles. The van der Waals surface area contributed by atoms with Crippen LogP contribution >= 0.6 is 0 Å². The van der Waals surface area contributed by atoms with Gasteiger partial charge in [-0.2, -0.15) is 0 Å². The van der Waals surface area contributed by atoms with Crippen LogP contribution in [0.2, 0.25) is 25.7 Å². The van der Waals surface area contributed by atoms with Crippen LogP contribution in [0.4, 0.5) is 0 Å². The van der Waals surface area contributed by atoms with Crippen LogP contribution in [0.5, 0.6) is 0 Å². The molecule has 0 aliphatic heterocycles. The van der Waals surface area contributed by atoms with Gasteiger partial charge in [-0.3, -0.25) is 4.79 Å². The van der Waals surface area contributed by atoms with Crippen molar-refractivity contribution in [2.75, 3.05) is 0 Å². The molecule has 0 radical (unpaired) electrons. The minimum absolute atomic E-state index is 0.114. The maximum atomic E-state index is 12.3. The number of ketones is 1. The van der Waals surface area contributed by atoms with Gasteiger partial charge in [-0.05, 0) is 30.4 Å². The number of allylic oxidation sites excluding steroid dienone is 2. The summed E-state index contributed by atoms with van der Waals surface area (Å²) in [6.07, 6.45) is 2.43. The van der Waals surface area contributed by atoms with Crippen molar-refractivity contribution in [1.82, 2.24) is 0 Å². The molecule has 1 aromatic rings. The second-order valence-electron chi connectivity index (χ2n) is 8.20. The molecule has 0 aromatic heterocycles. The Kier molecular flexibility index (Phi) is 5.11. The maximum absolute atomic E-state index is 12.3. The monoisotopic (exact) mass is 314 g/mol. The van der Waals surface area contributed by atoms with Crippen LogP contribution in [0.1, 0.15) is 32.3 Å². The Balaban J connectivity index is 2.46. The van der Waals surface area contributed by atoms with Gasteiger partial charge in [-0.15, -0.1) is 0 Å². The Bertz CT molecular complexity index is 553. The van der Waals surface area contributed by atoms with Gasteiger partial charge < -0.3 is 0 Å². The van der Waals surface area contributed by atoms with E-state index >= 15 is 0 Å². The fraction of sp³-hybridized carbons (Fsp3) is 0.550. The lowest BCUT2D eigenvalue weighted by molar-refractivity contribution is -0.123. The molecule has 1 aliphatic carbocycles. The Morgan fingerprint density at radius 1 is 1.09 bits per heavy atom. The standard InChI is InChI=1S/C20H30OSi/c1-14-15(2)20(16(3)21)19(17-10-8-7-9-11-17)12-18(14)13-22(4,5)6/h7-12,14-15,19-20H,13H2,1-6H3/t14-,15+,19+,20+/m0/s1. The van der Waals surface area contributed by atoms with Crippen LogP contribution in [0.3, 0.4) is 0 Å². The molecule has 1 aromatic carbocycles. The first-order valence-corrected chi connectivity index (χ1v) is 12.2. The van der Waals surface area contributed by atoms with Crippen LogP contribution in [0.25, 0.3) is 0 Å². The molecule has 2 heteroatoms. The molecule has 22 heavy (non-hydrogen) atoms. The number of hydrogen-bond donors (Lipinski definition) is 0. The fourth-order valence-corrected chi connectivity index (χ4v) is 5.56. The van der Waals surface area contributed by atoms with Gasteiger partial charge in [0.25, 0.3) is 0 Å². The third-order valence-corrected chi connectivity index (χ3v) is 6.58. The van der Waals surface area contributed by atoms with Gasteiger partial charge in [-0.25, -0.2) is 0 Å². The second kappa shape index (κ2) is 6.53. The molecule has 0 spiro atoms. The van der Waals surface area contributed by atoms with Crippen molar-refractivity contribution in [3.05, 3.63) is 47.5 Å². The van der Waals surface area contributed by atoms with Crippen LogP contribution in [-0.4, -0.2) is 13.9 Å². The number of rotatable bonds is 4. The van der Waals surface area contributed by atoms with E-state index in [4.69, 9.17) is 0 Å². The molecule has 4 atom stereocenters. The number of benzene rings is 1. The minimum atomic E-state index is -1.15. The van der Waals surface area contributed by atoms with Gasteiger partial charge in [0.15, 0.2) is 0 Å². The molecular formula is C20H30OSi. The lowest BCUT2D eigenvalue weighted by Gasteiger charge is -2.40. The van der Waals surface area contributed by atoms with E-state index in [9.17, 15) is 4.79 Å². The summed E-state index contributed by atoms with van der Waals surface area (Å²) in [4.78, 5) is 12.3. The molecule has 0 fully saturated rings. The third kappa shape index (κ3) is 3.78. The summed E-state index contributed by atoms with van der Waals surface area (Å²) in [7, 11) is -1.15. The zero-order valence-electron chi connectivity index (χ0n) is 14.9. The van der Waals surface area contributed by atoms with E-state index in [0.29, 0.717) is 17.6 Å². The summed E-state index contributed by atoms with van der Waals surface area (Å²) in [5, 5.41) is 0. The predicted molar refractivity (Wildman–Crippen MR) is 97.9 cm³/mol. The Morgan fingerprint density at radius 3 is 2.18 bits per heavy atom. The van der Waals surface area contributed by atoms with E-state index in [-0.39, 0.29) is 11.8 Å². The summed E-state index contributed by atoms with van der Waals surface area (Å²) < 4.78 is 0. The highest BCUT2D eigenvalue weighted by Crippen LogP contribution is 2.45. The molecular weight excluding hydrogens is 284 g/mol. The summed E-state index contributed by atoms with van der Waals surface area (Å²) >= 11 is 0. The lowest BCUT2D eigenvalue weighted by Crippen LogP contribution is -2.36. The smallest absolute Gasteiger partial charge is 0.134 e. The topological polar surface area (TPSA) is 17.1 Å². The molecule has 0 unspecified atom stereocenters. The molecule has 2 rings (SSSR count). The van der Waals surface area contributed by atoms with Crippen molar-refractivity contribution in [3.63, 3.8) is 0 Å². The van der Waals surface area contributed by atoms with E-state index in [1.807, 2.05) is 6.07 Å². The molecule has 0 N–H and O–H groups in total. The predicted octanol–water partition coefficient (Wildman–Crippen LogP) is 5.53. The van der Waals surface area contributed by atoms with E-state index < -0.39 is 8.07 Å². The van der Waals surface area contributed by atoms with Crippen LogP contribution in [0, 0.1) is 17.8 Å². The van der Waals surface area contributed by atoms with Crippen LogP contribution < -0.4 is 0 Å². The lowest BCUT2D eigenvalue weighted by atomic mass is 9.65. The van der Waals surface area contributed by atoms with Crippen molar-refractivity contribution >= 4 is 13.9 Å². The van der Waals surface area contributed by atoms with Gasteiger partial charge in [0.1, 0.15) is 5.78 Å². The van der Waals surface area contributed by atoms with Crippen molar-refractivity contribution in [2.24, 2.45) is 17.8 Å². The number of hydrogen-bond acceptors (Lipinski definition) is 1. The SMILES string of the molecule is CC(=O)[C@H]1[C@H](C)[C@H](C)C(C[Si](C)(C)C)=C[C@@H]1c1ccccc1. The van der Waals surface area contributed by atoms with E-state index in [1.54, 1.807) is 12.5 Å².